The normalized spacial score (nSPS) is 12.8. The maximum Gasteiger partial charge on any atom is 0.261 e. The summed E-state index contributed by atoms with van der Waals surface area (Å²) in [6.45, 7) is 11.2. The number of nitrogens with zero attached hydrogens (tertiary/aromatic N) is 8. The van der Waals surface area contributed by atoms with Crippen molar-refractivity contribution < 1.29 is 51.5 Å². The van der Waals surface area contributed by atoms with Crippen LogP contribution in [0.5, 0.6) is 0 Å². The largest absolute Gasteiger partial charge is 0.463 e. The van der Waals surface area contributed by atoms with Gasteiger partial charge in [0.15, 0.2) is 12.0 Å². The number of nitrogens with two attached hydrogens (primary N) is 1. The fraction of sp³-hybridized carbons (Fsp3) is 0.323. The summed E-state index contributed by atoms with van der Waals surface area (Å²) in [5, 5.41) is 19.0. The molecule has 2 aliphatic heterocycles. The first-order valence-electron chi connectivity index (χ1n) is 26.9. The van der Waals surface area contributed by atoms with Crippen molar-refractivity contribution in [1.82, 2.24) is 44.8 Å². The number of furan rings is 4. The Balaban J connectivity index is 0.000000182. The van der Waals surface area contributed by atoms with Gasteiger partial charge in [-0.2, -0.15) is 0 Å². The van der Waals surface area contributed by atoms with E-state index in [1.165, 1.54) is 16.5 Å². The van der Waals surface area contributed by atoms with Crippen molar-refractivity contribution in [2.45, 2.75) is 79.6 Å². The Hall–Kier alpha value is -8.86. The Bertz CT molecular complexity index is 3350. The van der Waals surface area contributed by atoms with Gasteiger partial charge in [-0.05, 0) is 135 Å². The Labute approximate surface area is 483 Å². The zero-order valence-corrected chi connectivity index (χ0v) is 48.7. The third-order valence-corrected chi connectivity index (χ3v) is 12.4. The molecule has 8 aromatic rings. The number of hydrogen-bond donors (Lipinski definition) is 3. The van der Waals surface area contributed by atoms with Crippen LogP contribution in [0.15, 0.2) is 145 Å². The second kappa shape index (κ2) is 30.3. The van der Waals surface area contributed by atoms with Crippen LogP contribution in [-0.4, -0.2) is 129 Å². The van der Waals surface area contributed by atoms with Gasteiger partial charge in [-0.25, -0.2) is 4.68 Å². The SMILES string of the molecule is CCO.CN(C)Cc1ccc(CN)o1.CN(C)Cc1ccc(CN2C(=O)c3ccccc3C2=O)o1.Cc1ccc(-c2cn([C@H](C(=O)NCc3ccc(CN(C)C)o3)C(C)C)nn2)cc1.O=Cc1ccc(CN2C(=O)c3ccccc3C2=O)o1. The average Bonchev–Trinajstić information content (AvgIpc) is 4.45. The number of hydrogen-bond acceptors (Lipinski definition) is 17. The van der Waals surface area contributed by atoms with E-state index in [1.54, 1.807) is 66.2 Å². The third kappa shape index (κ3) is 17.6. The van der Waals surface area contributed by atoms with Crippen LogP contribution in [0, 0.1) is 12.8 Å². The Morgan fingerprint density at radius 3 is 1.41 bits per heavy atom. The van der Waals surface area contributed by atoms with Crippen LogP contribution in [0.1, 0.15) is 125 Å². The molecule has 438 valence electrons. The molecule has 0 spiro atoms. The molecule has 0 radical (unpaired) electrons. The van der Waals surface area contributed by atoms with Crippen molar-refractivity contribution in [3.8, 4) is 11.3 Å². The van der Waals surface area contributed by atoms with Crippen LogP contribution in [-0.2, 0) is 50.6 Å². The first kappa shape index (κ1) is 63.3. The monoisotopic (exact) mass is 1130 g/mol. The molecule has 4 N–H and O–H groups in total. The quantitative estimate of drug-likeness (QED) is 0.0539. The van der Waals surface area contributed by atoms with E-state index in [4.69, 9.17) is 28.5 Å². The highest BCUT2D eigenvalue weighted by Crippen LogP contribution is 2.27. The molecule has 5 amide bonds. The summed E-state index contributed by atoms with van der Waals surface area (Å²) in [5.41, 5.74) is 10.0. The maximum absolute atomic E-state index is 12.9. The molecular weight excluding hydrogens is 1060 g/mol. The molecule has 10 rings (SSSR count). The molecule has 3 aromatic carbocycles. The molecule has 21 heteroatoms. The summed E-state index contributed by atoms with van der Waals surface area (Å²) >= 11 is 0. The van der Waals surface area contributed by atoms with E-state index in [2.05, 4.69) is 20.5 Å². The highest BCUT2D eigenvalue weighted by molar-refractivity contribution is 6.22. The van der Waals surface area contributed by atoms with Gasteiger partial charge in [0, 0.05) is 12.2 Å². The number of aromatic nitrogens is 3. The van der Waals surface area contributed by atoms with Gasteiger partial charge in [0.25, 0.3) is 23.6 Å². The van der Waals surface area contributed by atoms with Gasteiger partial charge in [0.2, 0.25) is 5.91 Å². The van der Waals surface area contributed by atoms with Crippen molar-refractivity contribution in [3.05, 3.63) is 201 Å². The predicted octanol–water partition coefficient (Wildman–Crippen LogP) is 8.25. The smallest absolute Gasteiger partial charge is 0.261 e. The number of aliphatic hydroxyl groups excluding tert-OH is 1. The number of carbonyl (C=O) groups excluding carboxylic acids is 6. The lowest BCUT2D eigenvalue weighted by Gasteiger charge is -2.19. The van der Waals surface area contributed by atoms with Gasteiger partial charge >= 0.3 is 0 Å². The first-order chi connectivity index (χ1) is 39.7. The van der Waals surface area contributed by atoms with Gasteiger partial charge in [0.1, 0.15) is 52.1 Å². The molecule has 0 aliphatic carbocycles. The van der Waals surface area contributed by atoms with E-state index in [1.807, 2.05) is 140 Å². The van der Waals surface area contributed by atoms with Crippen molar-refractivity contribution in [2.24, 2.45) is 11.7 Å². The summed E-state index contributed by atoms with van der Waals surface area (Å²) in [5.74, 6) is 4.16. The van der Waals surface area contributed by atoms with E-state index < -0.39 is 6.04 Å². The number of imide groups is 2. The standard InChI is InChI=1S/C22H29N5O2.C16H16N2O3.C14H9NO4.C8H14N2O.C2H6O/c1-15(2)21(22(28)23-12-18-10-11-19(29-18)13-26(4)5)27-14-20(24-25-27)17-8-6-16(3)7-9-17;1-17(2)9-11-7-8-12(21-11)10-18-15(19)13-5-3-4-6-14(13)16(18)20;16-8-10-6-5-9(19-10)7-15-13(17)11-3-1-2-4-12(11)14(15)18;1-10(2)6-8-4-3-7(5-9)11-8;1-2-3/h6-11,14-15,21H,12-13H2,1-5H3,(H,23,28);3-8H,9-10H2,1-2H3;1-6,8H,7H2;3-4H,5-6,9H2,1-2H3;3H,2H2,1H3/t21-;;;;/m0..../s1. The summed E-state index contributed by atoms with van der Waals surface area (Å²) in [6.07, 6.45) is 2.41. The molecular formula is C62H74N10O11. The van der Waals surface area contributed by atoms with Gasteiger partial charge < -0.3 is 48.5 Å². The summed E-state index contributed by atoms with van der Waals surface area (Å²) in [4.78, 5) is 80.5. The van der Waals surface area contributed by atoms with Gasteiger partial charge in [0.05, 0.1) is 74.3 Å². The maximum atomic E-state index is 12.9. The van der Waals surface area contributed by atoms with Crippen molar-refractivity contribution in [3.63, 3.8) is 0 Å². The molecule has 0 fully saturated rings. The lowest BCUT2D eigenvalue weighted by Crippen LogP contribution is -2.35. The average molecular weight is 1140 g/mol. The fourth-order valence-corrected chi connectivity index (χ4v) is 8.64. The van der Waals surface area contributed by atoms with Crippen molar-refractivity contribution in [1.29, 1.82) is 0 Å². The van der Waals surface area contributed by atoms with Crippen molar-refractivity contribution in [2.75, 3.05) is 48.9 Å². The van der Waals surface area contributed by atoms with E-state index in [9.17, 15) is 28.8 Å². The molecule has 0 bridgehead atoms. The second-order valence-corrected chi connectivity index (χ2v) is 20.6. The summed E-state index contributed by atoms with van der Waals surface area (Å²) in [6, 6.07) is 35.6. The van der Waals surface area contributed by atoms with Crippen LogP contribution in [0.25, 0.3) is 11.3 Å². The Kier molecular flexibility index (Phi) is 23.1. The number of aliphatic hydroxyl groups is 1. The molecule has 21 nitrogen and oxygen atoms in total. The Morgan fingerprint density at radius 2 is 1.00 bits per heavy atom. The zero-order valence-electron chi connectivity index (χ0n) is 48.7. The number of nitrogens with one attached hydrogen (secondary N) is 1. The summed E-state index contributed by atoms with van der Waals surface area (Å²) in [7, 11) is 11.9. The van der Waals surface area contributed by atoms with Gasteiger partial charge in [-0.15, -0.1) is 5.10 Å². The lowest BCUT2D eigenvalue weighted by atomic mass is 10.0. The third-order valence-electron chi connectivity index (χ3n) is 12.4. The van der Waals surface area contributed by atoms with Crippen LogP contribution in [0.4, 0.5) is 0 Å². The second-order valence-electron chi connectivity index (χ2n) is 20.6. The molecule has 5 aromatic heterocycles. The molecule has 0 unspecified atom stereocenters. The Morgan fingerprint density at radius 1 is 0.602 bits per heavy atom. The van der Waals surface area contributed by atoms with Crippen LogP contribution in [0.3, 0.4) is 0 Å². The molecule has 7 heterocycles. The lowest BCUT2D eigenvalue weighted by molar-refractivity contribution is -0.126. The number of carbonyl (C=O) groups is 6. The molecule has 0 saturated heterocycles. The molecule has 83 heavy (non-hydrogen) atoms. The predicted molar refractivity (Wildman–Crippen MR) is 310 cm³/mol. The fourth-order valence-electron chi connectivity index (χ4n) is 8.64. The minimum atomic E-state index is -0.446. The molecule has 1 atom stereocenters. The van der Waals surface area contributed by atoms with E-state index in [-0.39, 0.29) is 60.9 Å². The zero-order chi connectivity index (χ0) is 60.3. The highest BCUT2D eigenvalue weighted by Gasteiger charge is 2.37. The van der Waals surface area contributed by atoms with Crippen LogP contribution >= 0.6 is 0 Å². The number of amides is 5. The van der Waals surface area contributed by atoms with Crippen molar-refractivity contribution >= 4 is 35.8 Å². The summed E-state index contributed by atoms with van der Waals surface area (Å²) < 4.78 is 23.6. The number of aldehydes is 1. The van der Waals surface area contributed by atoms with E-state index in [0.717, 1.165) is 58.0 Å². The minimum Gasteiger partial charge on any atom is -0.463 e. The first-order valence-corrected chi connectivity index (χ1v) is 26.9. The molecule has 2 aliphatic rings. The van der Waals surface area contributed by atoms with E-state index >= 15 is 0 Å². The topological polar surface area (TPSA) is 260 Å². The highest BCUT2D eigenvalue weighted by atomic mass is 16.4. The van der Waals surface area contributed by atoms with Crippen LogP contribution < -0.4 is 11.1 Å². The molecule has 0 saturated carbocycles. The van der Waals surface area contributed by atoms with Gasteiger partial charge in [-0.1, -0.05) is 73.2 Å². The number of fused-ring (bicyclic) bond motifs is 2. The van der Waals surface area contributed by atoms with Gasteiger partial charge in [-0.3, -0.25) is 38.6 Å². The van der Waals surface area contributed by atoms with E-state index in [0.29, 0.717) is 59.7 Å². The van der Waals surface area contributed by atoms with Crippen LogP contribution in [0.2, 0.25) is 0 Å². The minimum absolute atomic E-state index is 0.0280. The number of aryl methyl sites for hydroxylation is 1. The number of rotatable bonds is 18. The number of benzene rings is 3.